The van der Waals surface area contributed by atoms with E-state index in [2.05, 4.69) is 0 Å². The monoisotopic (exact) mass is 226 g/mol. The molecule has 0 fully saturated rings. The van der Waals surface area contributed by atoms with Gasteiger partial charge in [0.05, 0.1) is 19.3 Å². The van der Waals surface area contributed by atoms with Gasteiger partial charge in [-0.25, -0.2) is 0 Å². The molecule has 0 atom stereocenters. The zero-order valence-electron chi connectivity index (χ0n) is 10.0. The number of Topliss-reactive ketones (excluding diaryl/α,β-unsaturated/α-hetero) is 4. The van der Waals surface area contributed by atoms with Crippen molar-refractivity contribution in [2.75, 3.05) is 0 Å². The van der Waals surface area contributed by atoms with Crippen molar-refractivity contribution in [3.63, 3.8) is 0 Å². The van der Waals surface area contributed by atoms with E-state index in [-0.39, 0.29) is 36.7 Å². The topological polar surface area (TPSA) is 68.3 Å². The van der Waals surface area contributed by atoms with Crippen molar-refractivity contribution in [3.05, 3.63) is 0 Å². The Morgan fingerprint density at radius 3 is 1.69 bits per heavy atom. The lowest BCUT2D eigenvalue weighted by Gasteiger charge is -2.02. The highest BCUT2D eigenvalue weighted by molar-refractivity contribution is 6.11. The lowest BCUT2D eigenvalue weighted by molar-refractivity contribution is -0.131. The first kappa shape index (κ1) is 14.7. The summed E-state index contributed by atoms with van der Waals surface area (Å²) in [4.78, 5) is 44.7. The quantitative estimate of drug-likeness (QED) is 0.588. The molecule has 0 aliphatic rings. The lowest BCUT2D eigenvalue weighted by Crippen LogP contribution is -2.17. The number of hydrogen-bond donors (Lipinski definition) is 0. The average molecular weight is 226 g/mol. The van der Waals surface area contributed by atoms with Gasteiger partial charge in [0.1, 0.15) is 23.1 Å². The van der Waals surface area contributed by atoms with Crippen molar-refractivity contribution in [2.45, 2.75) is 46.5 Å². The van der Waals surface area contributed by atoms with E-state index >= 15 is 0 Å². The van der Waals surface area contributed by atoms with E-state index < -0.39 is 11.6 Å². The number of carbonyl (C=O) groups is 4. The Balaban J connectivity index is 4.01. The van der Waals surface area contributed by atoms with Crippen LogP contribution in [0, 0.1) is 5.92 Å². The zero-order valence-corrected chi connectivity index (χ0v) is 10.0. The van der Waals surface area contributed by atoms with Gasteiger partial charge < -0.3 is 0 Å². The van der Waals surface area contributed by atoms with Crippen molar-refractivity contribution in [1.29, 1.82) is 0 Å². The van der Waals surface area contributed by atoms with Crippen LogP contribution in [0.5, 0.6) is 0 Å². The van der Waals surface area contributed by atoms with Gasteiger partial charge in [0.15, 0.2) is 0 Å². The van der Waals surface area contributed by atoms with Gasteiger partial charge in [-0.1, -0.05) is 20.8 Å². The summed E-state index contributed by atoms with van der Waals surface area (Å²) in [5, 5.41) is 0. The van der Waals surface area contributed by atoms with Crippen LogP contribution in [0.1, 0.15) is 46.5 Å². The molecule has 4 heteroatoms. The van der Waals surface area contributed by atoms with Gasteiger partial charge >= 0.3 is 0 Å². The Hall–Kier alpha value is -1.32. The highest BCUT2D eigenvalue weighted by atomic mass is 16.2. The number of hydrogen-bond acceptors (Lipinski definition) is 4. The third-order valence-corrected chi connectivity index (χ3v) is 2.20. The van der Waals surface area contributed by atoms with Crippen LogP contribution in [0.2, 0.25) is 0 Å². The molecule has 0 aromatic carbocycles. The molecule has 0 saturated heterocycles. The van der Waals surface area contributed by atoms with Crippen LogP contribution >= 0.6 is 0 Å². The summed E-state index contributed by atoms with van der Waals surface area (Å²) in [6.45, 7) is 5.08. The third kappa shape index (κ3) is 6.22. The van der Waals surface area contributed by atoms with Crippen molar-refractivity contribution < 1.29 is 19.2 Å². The molecule has 0 aromatic rings. The smallest absolute Gasteiger partial charge is 0.147 e. The first-order valence-corrected chi connectivity index (χ1v) is 5.44. The van der Waals surface area contributed by atoms with Gasteiger partial charge in [-0.2, -0.15) is 0 Å². The van der Waals surface area contributed by atoms with E-state index in [1.165, 1.54) is 0 Å². The second-order valence-corrected chi connectivity index (χ2v) is 4.12. The summed E-state index contributed by atoms with van der Waals surface area (Å²) in [5.41, 5.74) is 0. The number of rotatable bonds is 8. The van der Waals surface area contributed by atoms with E-state index in [1.807, 2.05) is 0 Å². The van der Waals surface area contributed by atoms with Crippen LogP contribution in [-0.4, -0.2) is 23.1 Å². The van der Waals surface area contributed by atoms with Crippen molar-refractivity contribution in [1.82, 2.24) is 0 Å². The van der Waals surface area contributed by atoms with Gasteiger partial charge in [-0.3, -0.25) is 19.2 Å². The number of ketones is 4. The maximum absolute atomic E-state index is 11.3. The fourth-order valence-corrected chi connectivity index (χ4v) is 1.09. The molecule has 0 rings (SSSR count). The highest BCUT2D eigenvalue weighted by Gasteiger charge is 2.17. The summed E-state index contributed by atoms with van der Waals surface area (Å²) >= 11 is 0. The van der Waals surface area contributed by atoms with E-state index in [9.17, 15) is 19.2 Å². The molecular weight excluding hydrogens is 208 g/mol. The Labute approximate surface area is 95.4 Å². The van der Waals surface area contributed by atoms with E-state index in [1.54, 1.807) is 20.8 Å². The SMILES string of the molecule is CCC(=O)CC(=O)CC(=O)CC(=O)C(C)C. The van der Waals surface area contributed by atoms with Crippen molar-refractivity contribution in [2.24, 2.45) is 5.92 Å². The maximum Gasteiger partial charge on any atom is 0.147 e. The molecule has 0 radical (unpaired) electrons. The third-order valence-electron chi connectivity index (χ3n) is 2.20. The highest BCUT2D eigenvalue weighted by Crippen LogP contribution is 2.03. The minimum Gasteiger partial charge on any atom is -0.299 e. The molecule has 0 saturated carbocycles. The summed E-state index contributed by atoms with van der Waals surface area (Å²) in [6, 6.07) is 0. The van der Waals surface area contributed by atoms with Crippen LogP contribution in [0.15, 0.2) is 0 Å². The summed E-state index contributed by atoms with van der Waals surface area (Å²) in [7, 11) is 0. The van der Waals surface area contributed by atoms with Crippen molar-refractivity contribution in [3.8, 4) is 0 Å². The molecule has 0 bridgehead atoms. The predicted octanol–water partition coefficient (Wildman–Crippen LogP) is 1.50. The largest absolute Gasteiger partial charge is 0.299 e. The Morgan fingerprint density at radius 1 is 0.812 bits per heavy atom. The Kier molecular flexibility index (Phi) is 6.46. The molecule has 0 aliphatic heterocycles. The molecule has 0 amide bonds. The first-order valence-electron chi connectivity index (χ1n) is 5.44. The molecule has 16 heavy (non-hydrogen) atoms. The molecule has 90 valence electrons. The molecule has 0 unspecified atom stereocenters. The van der Waals surface area contributed by atoms with Crippen LogP contribution in [-0.2, 0) is 19.2 Å². The zero-order chi connectivity index (χ0) is 12.7. The molecule has 4 nitrogen and oxygen atoms in total. The molecule has 0 aromatic heterocycles. The van der Waals surface area contributed by atoms with Gasteiger partial charge in [-0.15, -0.1) is 0 Å². The molecule has 0 spiro atoms. The van der Waals surface area contributed by atoms with Crippen LogP contribution in [0.3, 0.4) is 0 Å². The van der Waals surface area contributed by atoms with E-state index in [0.717, 1.165) is 0 Å². The fraction of sp³-hybridized carbons (Fsp3) is 0.667. The van der Waals surface area contributed by atoms with Crippen LogP contribution in [0.25, 0.3) is 0 Å². The Morgan fingerprint density at radius 2 is 1.25 bits per heavy atom. The van der Waals surface area contributed by atoms with Gasteiger partial charge in [0.2, 0.25) is 0 Å². The minimum atomic E-state index is -0.396. The summed E-state index contributed by atoms with van der Waals surface area (Å²) in [5.74, 6) is -1.33. The lowest BCUT2D eigenvalue weighted by atomic mass is 10.00. The standard InChI is InChI=1S/C12H18O4/c1-4-9(13)5-10(14)6-11(15)7-12(16)8(2)3/h8H,4-7H2,1-3H3. The molecule has 0 heterocycles. The maximum atomic E-state index is 11.3. The predicted molar refractivity (Wildman–Crippen MR) is 59.0 cm³/mol. The van der Waals surface area contributed by atoms with Gasteiger partial charge in [-0.05, 0) is 0 Å². The summed E-state index contributed by atoms with van der Waals surface area (Å²) in [6.07, 6.45) is -0.406. The van der Waals surface area contributed by atoms with Crippen LogP contribution < -0.4 is 0 Å². The van der Waals surface area contributed by atoms with Crippen molar-refractivity contribution >= 4 is 23.1 Å². The van der Waals surface area contributed by atoms with Gasteiger partial charge in [0.25, 0.3) is 0 Å². The Bertz CT molecular complexity index is 302. The second-order valence-electron chi connectivity index (χ2n) is 4.12. The van der Waals surface area contributed by atoms with E-state index in [0.29, 0.717) is 6.42 Å². The first-order chi connectivity index (χ1) is 7.36. The average Bonchev–Trinajstić information content (AvgIpc) is 2.16. The normalized spacial score (nSPS) is 10.2. The molecule has 0 N–H and O–H groups in total. The fourth-order valence-electron chi connectivity index (χ4n) is 1.09. The number of carbonyl (C=O) groups excluding carboxylic acids is 4. The second kappa shape index (κ2) is 7.04. The summed E-state index contributed by atoms with van der Waals surface area (Å²) < 4.78 is 0. The molecular formula is C12H18O4. The van der Waals surface area contributed by atoms with E-state index in [4.69, 9.17) is 0 Å². The van der Waals surface area contributed by atoms with Crippen LogP contribution in [0.4, 0.5) is 0 Å². The molecule has 0 aliphatic carbocycles. The van der Waals surface area contributed by atoms with Gasteiger partial charge in [0, 0.05) is 12.3 Å². The minimum absolute atomic E-state index is 0.167.